The normalized spacial score (nSPS) is 12.2. The van der Waals surface area contributed by atoms with Gasteiger partial charge in [0.25, 0.3) is 15.9 Å². The maximum atomic E-state index is 12.7. The zero-order chi connectivity index (χ0) is 20.9. The minimum Gasteiger partial charge on any atom is -0.351 e. The fourth-order valence-corrected chi connectivity index (χ4v) is 4.07. The predicted octanol–water partition coefficient (Wildman–Crippen LogP) is 4.33. The summed E-state index contributed by atoms with van der Waals surface area (Å²) in [5.74, 6) is -0.157. The van der Waals surface area contributed by atoms with Crippen molar-refractivity contribution in [1.29, 1.82) is 0 Å². The van der Waals surface area contributed by atoms with Gasteiger partial charge in [0.2, 0.25) is 0 Å². The molecule has 0 saturated carbocycles. The Morgan fingerprint density at radius 2 is 1.66 bits per heavy atom. The number of nitrogens with one attached hydrogen (secondary N) is 2. The molecule has 29 heavy (non-hydrogen) atoms. The van der Waals surface area contributed by atoms with Gasteiger partial charge in [-0.3, -0.25) is 9.52 Å². The largest absolute Gasteiger partial charge is 0.351 e. The summed E-state index contributed by atoms with van der Waals surface area (Å²) < 4.78 is 27.9. The molecular weight excluding hydrogens is 384 g/mol. The Labute approximate surface area is 171 Å². The Hall–Kier alpha value is -3.12. The van der Waals surface area contributed by atoms with Crippen LogP contribution in [0, 0.1) is 6.92 Å². The standard InChI is InChI=1S/C23H24N2O3S/c1-17-8-6-12-21(14-17)25-29(27,28)22-13-7-11-20(15-22)23(26)24-16-18(2)19-9-4-3-5-10-19/h3-15,18,25H,16H2,1-2H3,(H,24,26)/t18-/m0/s1. The maximum Gasteiger partial charge on any atom is 0.261 e. The van der Waals surface area contributed by atoms with Gasteiger partial charge in [-0.15, -0.1) is 0 Å². The number of sulfonamides is 1. The molecule has 0 aliphatic rings. The van der Waals surface area contributed by atoms with Crippen LogP contribution in [0.5, 0.6) is 0 Å². The Morgan fingerprint density at radius 1 is 0.931 bits per heavy atom. The zero-order valence-corrected chi connectivity index (χ0v) is 17.2. The second-order valence-electron chi connectivity index (χ2n) is 7.02. The summed E-state index contributed by atoms with van der Waals surface area (Å²) in [6.45, 7) is 4.38. The molecule has 0 aliphatic heterocycles. The van der Waals surface area contributed by atoms with Gasteiger partial charge < -0.3 is 5.32 Å². The molecule has 150 valence electrons. The second-order valence-corrected chi connectivity index (χ2v) is 8.71. The van der Waals surface area contributed by atoms with Crippen molar-refractivity contribution in [3.63, 3.8) is 0 Å². The summed E-state index contributed by atoms with van der Waals surface area (Å²) in [6.07, 6.45) is 0. The molecule has 3 aromatic rings. The minimum atomic E-state index is -3.79. The number of hydrogen-bond donors (Lipinski definition) is 2. The Bertz CT molecular complexity index is 1100. The quantitative estimate of drug-likeness (QED) is 0.611. The van der Waals surface area contributed by atoms with E-state index in [1.807, 2.05) is 50.2 Å². The van der Waals surface area contributed by atoms with E-state index >= 15 is 0 Å². The lowest BCUT2D eigenvalue weighted by molar-refractivity contribution is 0.0951. The number of carbonyl (C=O) groups excluding carboxylic acids is 1. The molecule has 0 heterocycles. The molecule has 3 rings (SSSR count). The third kappa shape index (κ3) is 5.45. The summed E-state index contributed by atoms with van der Waals surface area (Å²) in [6, 6.07) is 23.0. The third-order valence-corrected chi connectivity index (χ3v) is 5.99. The molecule has 0 bridgehead atoms. The summed E-state index contributed by atoms with van der Waals surface area (Å²) >= 11 is 0. The van der Waals surface area contributed by atoms with Crippen LogP contribution in [0.15, 0.2) is 83.8 Å². The van der Waals surface area contributed by atoms with E-state index in [1.54, 1.807) is 30.3 Å². The first kappa shape index (κ1) is 20.6. The van der Waals surface area contributed by atoms with Crippen molar-refractivity contribution in [2.45, 2.75) is 24.7 Å². The zero-order valence-electron chi connectivity index (χ0n) is 16.4. The highest BCUT2D eigenvalue weighted by Crippen LogP contribution is 2.18. The molecule has 0 radical (unpaired) electrons. The second kappa shape index (κ2) is 8.92. The van der Waals surface area contributed by atoms with Crippen molar-refractivity contribution in [3.05, 3.63) is 95.6 Å². The van der Waals surface area contributed by atoms with Gasteiger partial charge >= 0.3 is 0 Å². The molecule has 0 unspecified atom stereocenters. The van der Waals surface area contributed by atoms with Crippen LogP contribution in [0.4, 0.5) is 5.69 Å². The van der Waals surface area contributed by atoms with Gasteiger partial charge in [-0.1, -0.05) is 55.5 Å². The van der Waals surface area contributed by atoms with E-state index < -0.39 is 10.0 Å². The fraction of sp³-hybridized carbons (Fsp3) is 0.174. The monoisotopic (exact) mass is 408 g/mol. The molecule has 0 fully saturated rings. The smallest absolute Gasteiger partial charge is 0.261 e. The topological polar surface area (TPSA) is 75.3 Å². The summed E-state index contributed by atoms with van der Waals surface area (Å²) in [7, 11) is -3.79. The van der Waals surface area contributed by atoms with Gasteiger partial charge in [-0.25, -0.2) is 8.42 Å². The highest BCUT2D eigenvalue weighted by molar-refractivity contribution is 7.92. The average Bonchev–Trinajstić information content (AvgIpc) is 2.72. The van der Waals surface area contributed by atoms with Crippen molar-refractivity contribution in [2.75, 3.05) is 11.3 Å². The first-order valence-electron chi connectivity index (χ1n) is 9.38. The Kier molecular flexibility index (Phi) is 6.34. The molecule has 0 aliphatic carbocycles. The highest BCUT2D eigenvalue weighted by atomic mass is 32.2. The van der Waals surface area contributed by atoms with Crippen LogP contribution >= 0.6 is 0 Å². The average molecular weight is 409 g/mol. The van der Waals surface area contributed by atoms with E-state index in [0.29, 0.717) is 17.8 Å². The minimum absolute atomic E-state index is 0.0442. The van der Waals surface area contributed by atoms with E-state index in [4.69, 9.17) is 0 Å². The lowest BCUT2D eigenvalue weighted by Crippen LogP contribution is -2.27. The number of amides is 1. The van der Waals surface area contributed by atoms with E-state index in [2.05, 4.69) is 10.0 Å². The van der Waals surface area contributed by atoms with E-state index in [1.165, 1.54) is 12.1 Å². The highest BCUT2D eigenvalue weighted by Gasteiger charge is 2.17. The molecule has 0 spiro atoms. The summed E-state index contributed by atoms with van der Waals surface area (Å²) in [5.41, 5.74) is 2.87. The molecular formula is C23H24N2O3S. The van der Waals surface area contributed by atoms with E-state index in [-0.39, 0.29) is 16.7 Å². The van der Waals surface area contributed by atoms with Crippen LogP contribution < -0.4 is 10.0 Å². The number of benzene rings is 3. The molecule has 0 saturated heterocycles. The van der Waals surface area contributed by atoms with Crippen molar-refractivity contribution in [3.8, 4) is 0 Å². The van der Waals surface area contributed by atoms with Crippen LogP contribution in [0.1, 0.15) is 34.3 Å². The maximum absolute atomic E-state index is 12.7. The van der Waals surface area contributed by atoms with Crippen molar-refractivity contribution in [1.82, 2.24) is 5.32 Å². The number of aryl methyl sites for hydroxylation is 1. The van der Waals surface area contributed by atoms with Gasteiger partial charge in [0, 0.05) is 17.8 Å². The molecule has 3 aromatic carbocycles. The van der Waals surface area contributed by atoms with Gasteiger partial charge in [0.15, 0.2) is 0 Å². The lowest BCUT2D eigenvalue weighted by Gasteiger charge is -2.14. The molecule has 6 heteroatoms. The van der Waals surface area contributed by atoms with Gasteiger partial charge in [-0.05, 0) is 54.3 Å². The number of carbonyl (C=O) groups is 1. The molecule has 1 atom stereocenters. The van der Waals surface area contributed by atoms with Crippen LogP contribution in [-0.4, -0.2) is 20.9 Å². The number of hydrogen-bond acceptors (Lipinski definition) is 3. The van der Waals surface area contributed by atoms with Crippen molar-refractivity contribution >= 4 is 21.6 Å². The predicted molar refractivity (Wildman–Crippen MR) is 116 cm³/mol. The Morgan fingerprint density at radius 3 is 2.38 bits per heavy atom. The summed E-state index contributed by atoms with van der Waals surface area (Å²) in [4.78, 5) is 12.6. The molecule has 1 amide bonds. The fourth-order valence-electron chi connectivity index (χ4n) is 2.97. The SMILES string of the molecule is Cc1cccc(NS(=O)(=O)c2cccc(C(=O)NC[C@H](C)c3ccccc3)c2)c1. The van der Waals surface area contributed by atoms with Crippen molar-refractivity contribution in [2.24, 2.45) is 0 Å². The molecule has 0 aromatic heterocycles. The van der Waals surface area contributed by atoms with Gasteiger partial charge in [0.05, 0.1) is 4.90 Å². The van der Waals surface area contributed by atoms with Crippen molar-refractivity contribution < 1.29 is 13.2 Å². The number of anilines is 1. The Balaban J connectivity index is 1.70. The van der Waals surface area contributed by atoms with Crippen LogP contribution in [0.2, 0.25) is 0 Å². The number of rotatable bonds is 7. The molecule has 2 N–H and O–H groups in total. The lowest BCUT2D eigenvalue weighted by atomic mass is 10.0. The van der Waals surface area contributed by atoms with Crippen LogP contribution in [-0.2, 0) is 10.0 Å². The molecule has 5 nitrogen and oxygen atoms in total. The third-order valence-electron chi connectivity index (χ3n) is 4.61. The van der Waals surface area contributed by atoms with Crippen LogP contribution in [0.3, 0.4) is 0 Å². The first-order chi connectivity index (χ1) is 13.8. The van der Waals surface area contributed by atoms with Gasteiger partial charge in [-0.2, -0.15) is 0 Å². The van der Waals surface area contributed by atoms with E-state index in [0.717, 1.165) is 11.1 Å². The van der Waals surface area contributed by atoms with Gasteiger partial charge in [0.1, 0.15) is 0 Å². The van der Waals surface area contributed by atoms with E-state index in [9.17, 15) is 13.2 Å². The summed E-state index contributed by atoms with van der Waals surface area (Å²) in [5, 5.41) is 2.88. The van der Waals surface area contributed by atoms with Crippen LogP contribution in [0.25, 0.3) is 0 Å². The first-order valence-corrected chi connectivity index (χ1v) is 10.9.